The lowest BCUT2D eigenvalue weighted by Crippen LogP contribution is -2.03. The molecule has 0 aliphatic heterocycles. The number of hydrogen-bond acceptors (Lipinski definition) is 4. The number of pyridine rings is 1. The van der Waals surface area contributed by atoms with Gasteiger partial charge in [0.1, 0.15) is 0 Å². The predicted octanol–water partition coefficient (Wildman–Crippen LogP) is 3.36. The Labute approximate surface area is 110 Å². The van der Waals surface area contributed by atoms with E-state index >= 15 is 0 Å². The molecule has 1 fully saturated rings. The Morgan fingerprint density at radius 1 is 1.32 bits per heavy atom. The third-order valence-electron chi connectivity index (χ3n) is 3.56. The van der Waals surface area contributed by atoms with Crippen LogP contribution in [0.2, 0.25) is 0 Å². The number of nitro groups is 1. The van der Waals surface area contributed by atoms with Crippen molar-refractivity contribution in [2.45, 2.75) is 19.3 Å². The van der Waals surface area contributed by atoms with Crippen LogP contribution in [-0.4, -0.2) is 16.5 Å². The number of non-ortho nitro benzene ring substituents is 1. The molecule has 1 N–H and O–H groups in total. The first kappa shape index (κ1) is 11.9. The van der Waals surface area contributed by atoms with Crippen molar-refractivity contribution in [3.8, 4) is 0 Å². The summed E-state index contributed by atoms with van der Waals surface area (Å²) >= 11 is 0. The highest BCUT2D eigenvalue weighted by atomic mass is 16.6. The first-order valence-corrected chi connectivity index (χ1v) is 6.50. The van der Waals surface area contributed by atoms with Crippen LogP contribution in [-0.2, 0) is 0 Å². The summed E-state index contributed by atoms with van der Waals surface area (Å²) in [6, 6.07) is 5.15. The molecule has 1 heterocycles. The topological polar surface area (TPSA) is 68.1 Å². The van der Waals surface area contributed by atoms with Crippen LogP contribution in [0.15, 0.2) is 30.6 Å². The van der Waals surface area contributed by atoms with Crippen LogP contribution in [0.25, 0.3) is 10.8 Å². The molecule has 0 unspecified atom stereocenters. The Hall–Kier alpha value is -2.17. The van der Waals surface area contributed by atoms with E-state index in [0.29, 0.717) is 5.39 Å². The highest BCUT2D eigenvalue weighted by Crippen LogP contribution is 2.33. The van der Waals surface area contributed by atoms with E-state index < -0.39 is 0 Å². The van der Waals surface area contributed by atoms with Gasteiger partial charge >= 0.3 is 0 Å². The average molecular weight is 257 g/mol. The van der Waals surface area contributed by atoms with Gasteiger partial charge in [-0.1, -0.05) is 12.8 Å². The lowest BCUT2D eigenvalue weighted by Gasteiger charge is -2.09. The molecule has 1 aromatic heterocycles. The molecule has 0 radical (unpaired) electrons. The maximum absolute atomic E-state index is 11.0. The van der Waals surface area contributed by atoms with Crippen molar-refractivity contribution < 1.29 is 4.92 Å². The van der Waals surface area contributed by atoms with E-state index in [-0.39, 0.29) is 10.6 Å². The monoisotopic (exact) mass is 257 g/mol. The van der Waals surface area contributed by atoms with E-state index in [1.165, 1.54) is 19.3 Å². The standard InChI is InChI=1S/C14H15N3O2/c18-17(19)14-4-3-13(16-8-5-10-1-2-10)11-6-7-15-9-12(11)14/h3-4,6-7,9-10,16H,1-2,5,8H2. The SMILES string of the molecule is O=[N+]([O-])c1ccc(NCCC2CC2)c2ccncc12. The van der Waals surface area contributed by atoms with Gasteiger partial charge in [0.05, 0.1) is 10.3 Å². The lowest BCUT2D eigenvalue weighted by atomic mass is 10.1. The van der Waals surface area contributed by atoms with Gasteiger partial charge in [-0.15, -0.1) is 0 Å². The van der Waals surface area contributed by atoms with E-state index in [9.17, 15) is 10.1 Å². The Morgan fingerprint density at radius 3 is 2.89 bits per heavy atom. The fourth-order valence-corrected chi connectivity index (χ4v) is 2.31. The summed E-state index contributed by atoms with van der Waals surface area (Å²) < 4.78 is 0. The van der Waals surface area contributed by atoms with E-state index in [4.69, 9.17) is 0 Å². The second-order valence-electron chi connectivity index (χ2n) is 4.97. The Balaban J connectivity index is 1.91. The number of aromatic nitrogens is 1. The zero-order valence-electron chi connectivity index (χ0n) is 10.5. The summed E-state index contributed by atoms with van der Waals surface area (Å²) in [6.07, 6.45) is 7.07. The molecule has 0 saturated heterocycles. The molecule has 0 bridgehead atoms. The maximum Gasteiger partial charge on any atom is 0.278 e. The fraction of sp³-hybridized carbons (Fsp3) is 0.357. The average Bonchev–Trinajstić information content (AvgIpc) is 3.22. The summed E-state index contributed by atoms with van der Waals surface area (Å²) in [5.74, 6) is 0.874. The number of nitrogens with zero attached hydrogens (tertiary/aromatic N) is 2. The number of benzene rings is 1. The number of anilines is 1. The van der Waals surface area contributed by atoms with Crippen molar-refractivity contribution in [1.82, 2.24) is 4.98 Å². The minimum atomic E-state index is -0.363. The summed E-state index contributed by atoms with van der Waals surface area (Å²) in [7, 11) is 0. The summed E-state index contributed by atoms with van der Waals surface area (Å²) in [5, 5.41) is 15.8. The normalized spacial score (nSPS) is 14.5. The van der Waals surface area contributed by atoms with Crippen LogP contribution in [0.5, 0.6) is 0 Å². The van der Waals surface area contributed by atoms with Crippen molar-refractivity contribution in [2.75, 3.05) is 11.9 Å². The molecule has 0 amide bonds. The Kier molecular flexibility index (Phi) is 3.03. The van der Waals surface area contributed by atoms with Crippen molar-refractivity contribution in [1.29, 1.82) is 0 Å². The predicted molar refractivity (Wildman–Crippen MR) is 74.2 cm³/mol. The third-order valence-corrected chi connectivity index (χ3v) is 3.56. The molecule has 5 nitrogen and oxygen atoms in total. The van der Waals surface area contributed by atoms with Gasteiger partial charge in [0.2, 0.25) is 0 Å². The molecule has 19 heavy (non-hydrogen) atoms. The molecular formula is C14H15N3O2. The quantitative estimate of drug-likeness (QED) is 0.658. The number of hydrogen-bond donors (Lipinski definition) is 1. The zero-order valence-corrected chi connectivity index (χ0v) is 10.5. The second kappa shape index (κ2) is 4.84. The highest BCUT2D eigenvalue weighted by molar-refractivity contribution is 5.99. The molecule has 98 valence electrons. The molecule has 0 atom stereocenters. The second-order valence-corrected chi connectivity index (χ2v) is 4.97. The van der Waals surface area contributed by atoms with Gasteiger partial charge in [0.15, 0.2) is 0 Å². The molecule has 1 saturated carbocycles. The van der Waals surface area contributed by atoms with Crippen LogP contribution in [0.1, 0.15) is 19.3 Å². The molecule has 0 spiro atoms. The first-order valence-electron chi connectivity index (χ1n) is 6.50. The summed E-state index contributed by atoms with van der Waals surface area (Å²) in [4.78, 5) is 14.6. The Morgan fingerprint density at radius 2 is 2.16 bits per heavy atom. The minimum Gasteiger partial charge on any atom is -0.385 e. The van der Waals surface area contributed by atoms with Gasteiger partial charge in [0.25, 0.3) is 5.69 Å². The molecule has 1 aromatic carbocycles. The third kappa shape index (κ3) is 2.50. The summed E-state index contributed by atoms with van der Waals surface area (Å²) in [5.41, 5.74) is 1.06. The largest absolute Gasteiger partial charge is 0.385 e. The number of nitrogens with one attached hydrogen (secondary N) is 1. The van der Waals surface area contributed by atoms with Crippen molar-refractivity contribution in [2.24, 2.45) is 5.92 Å². The van der Waals surface area contributed by atoms with Crippen molar-refractivity contribution in [3.05, 3.63) is 40.7 Å². The van der Waals surface area contributed by atoms with Crippen LogP contribution in [0, 0.1) is 16.0 Å². The smallest absolute Gasteiger partial charge is 0.278 e. The molecule has 3 rings (SSSR count). The van der Waals surface area contributed by atoms with Crippen LogP contribution in [0.4, 0.5) is 11.4 Å². The number of fused-ring (bicyclic) bond motifs is 1. The highest BCUT2D eigenvalue weighted by Gasteiger charge is 2.20. The molecule has 2 aromatic rings. The summed E-state index contributed by atoms with van der Waals surface area (Å²) in [6.45, 7) is 0.917. The minimum absolute atomic E-state index is 0.107. The van der Waals surface area contributed by atoms with Crippen molar-refractivity contribution in [3.63, 3.8) is 0 Å². The fourth-order valence-electron chi connectivity index (χ4n) is 2.31. The van der Waals surface area contributed by atoms with Gasteiger partial charge in [-0.25, -0.2) is 0 Å². The van der Waals surface area contributed by atoms with E-state index in [1.807, 2.05) is 6.07 Å². The Bertz CT molecular complexity index is 623. The van der Waals surface area contributed by atoms with Crippen molar-refractivity contribution >= 4 is 22.1 Å². The van der Waals surface area contributed by atoms with Crippen LogP contribution >= 0.6 is 0 Å². The van der Waals surface area contributed by atoms with E-state index in [2.05, 4.69) is 10.3 Å². The van der Waals surface area contributed by atoms with Gasteiger partial charge in [-0.2, -0.15) is 0 Å². The molecule has 1 aliphatic rings. The van der Waals surface area contributed by atoms with Crippen LogP contribution < -0.4 is 5.32 Å². The number of nitro benzene ring substituents is 1. The van der Waals surface area contributed by atoms with Gasteiger partial charge in [-0.05, 0) is 24.5 Å². The van der Waals surface area contributed by atoms with Gasteiger partial charge < -0.3 is 5.32 Å². The van der Waals surface area contributed by atoms with Gasteiger partial charge in [0, 0.05) is 36.1 Å². The molecule has 5 heteroatoms. The molecule has 1 aliphatic carbocycles. The maximum atomic E-state index is 11.0. The zero-order chi connectivity index (χ0) is 13.2. The van der Waals surface area contributed by atoms with E-state index in [1.54, 1.807) is 24.5 Å². The van der Waals surface area contributed by atoms with Gasteiger partial charge in [-0.3, -0.25) is 15.1 Å². The van der Waals surface area contributed by atoms with Crippen LogP contribution in [0.3, 0.4) is 0 Å². The lowest BCUT2D eigenvalue weighted by molar-refractivity contribution is -0.383. The van der Waals surface area contributed by atoms with E-state index in [0.717, 1.165) is 23.5 Å². The molecular weight excluding hydrogens is 242 g/mol. The first-order chi connectivity index (χ1) is 9.25. The number of rotatable bonds is 5.